The van der Waals surface area contributed by atoms with E-state index >= 15 is 0 Å². The Labute approximate surface area is 174 Å². The Balaban J connectivity index is 1.27. The summed E-state index contributed by atoms with van der Waals surface area (Å²) in [5.41, 5.74) is 0.973. The van der Waals surface area contributed by atoms with Crippen LogP contribution in [0.25, 0.3) is 15.2 Å². The first-order valence-corrected chi connectivity index (χ1v) is 10.3. The zero-order valence-electron chi connectivity index (χ0n) is 15.8. The second-order valence-electron chi connectivity index (χ2n) is 7.14. The Hall–Kier alpha value is -3.46. The van der Waals surface area contributed by atoms with Crippen LogP contribution >= 0.6 is 11.3 Å². The molecule has 1 aliphatic heterocycles. The van der Waals surface area contributed by atoms with Gasteiger partial charge in [0, 0.05) is 19.0 Å². The van der Waals surface area contributed by atoms with Crippen molar-refractivity contribution < 1.29 is 18.7 Å². The number of aromatic nitrogens is 2. The van der Waals surface area contributed by atoms with E-state index in [-0.39, 0.29) is 31.0 Å². The summed E-state index contributed by atoms with van der Waals surface area (Å²) >= 11 is 1.40. The zero-order valence-corrected chi connectivity index (χ0v) is 16.6. The van der Waals surface area contributed by atoms with Gasteiger partial charge in [-0.15, -0.1) is 0 Å². The van der Waals surface area contributed by atoms with Gasteiger partial charge in [-0.1, -0.05) is 23.5 Å². The maximum Gasteiger partial charge on any atom is 0.311 e. The van der Waals surface area contributed by atoms with Crippen LogP contribution in [-0.4, -0.2) is 32.7 Å². The number of benzene rings is 1. The standard InChI is InChI=1S/C21H17N3O5S/c25-18-8-13(10-23(18)11-15-4-3-7-28-15)20(27)29-12-14-9-19(26)24-16-5-1-2-6-17(16)30-21(24)22-14/h1-7,9,13H,8,10-12H2/t13-/m0/s1. The molecule has 0 saturated carbocycles. The zero-order chi connectivity index (χ0) is 20.7. The third-order valence-corrected chi connectivity index (χ3v) is 6.11. The molecule has 0 bridgehead atoms. The van der Waals surface area contributed by atoms with Crippen LogP contribution in [-0.2, 0) is 27.5 Å². The van der Waals surface area contributed by atoms with E-state index in [2.05, 4.69) is 4.98 Å². The highest BCUT2D eigenvalue weighted by molar-refractivity contribution is 7.23. The molecule has 1 saturated heterocycles. The Kier molecular flexibility index (Phi) is 4.59. The number of amides is 1. The van der Waals surface area contributed by atoms with Crippen LogP contribution in [0.5, 0.6) is 0 Å². The summed E-state index contributed by atoms with van der Waals surface area (Å²) in [6, 6.07) is 12.5. The SMILES string of the molecule is O=C(OCc1cc(=O)n2c(n1)sc1ccccc12)[C@H]1CC(=O)N(Cc2ccco2)C1. The van der Waals surface area contributed by atoms with Crippen LogP contribution in [0.3, 0.4) is 0 Å². The number of carbonyl (C=O) groups excluding carboxylic acids is 2. The number of furan rings is 1. The number of nitrogens with zero attached hydrogens (tertiary/aromatic N) is 3. The lowest BCUT2D eigenvalue weighted by Crippen LogP contribution is -2.26. The number of likely N-dealkylation sites (tertiary alicyclic amines) is 1. The number of hydrogen-bond acceptors (Lipinski definition) is 7. The molecule has 0 spiro atoms. The monoisotopic (exact) mass is 423 g/mol. The Bertz CT molecular complexity index is 1310. The van der Waals surface area contributed by atoms with E-state index in [4.69, 9.17) is 9.15 Å². The van der Waals surface area contributed by atoms with Crippen LogP contribution in [0, 0.1) is 5.92 Å². The van der Waals surface area contributed by atoms with Crippen molar-refractivity contribution in [1.82, 2.24) is 14.3 Å². The van der Waals surface area contributed by atoms with E-state index in [1.165, 1.54) is 17.4 Å². The van der Waals surface area contributed by atoms with Crippen LogP contribution in [0.2, 0.25) is 0 Å². The van der Waals surface area contributed by atoms with Gasteiger partial charge in [-0.25, -0.2) is 4.98 Å². The predicted octanol–water partition coefficient (Wildman–Crippen LogP) is 2.59. The van der Waals surface area contributed by atoms with Gasteiger partial charge < -0.3 is 14.1 Å². The summed E-state index contributed by atoms with van der Waals surface area (Å²) in [4.78, 5) is 43.8. The fourth-order valence-corrected chi connectivity index (χ4v) is 4.68. The quantitative estimate of drug-likeness (QED) is 0.458. The van der Waals surface area contributed by atoms with Gasteiger partial charge >= 0.3 is 5.97 Å². The van der Waals surface area contributed by atoms with Crippen molar-refractivity contribution in [3.05, 3.63) is 70.5 Å². The van der Waals surface area contributed by atoms with Gasteiger partial charge in [0.25, 0.3) is 5.56 Å². The first kappa shape index (κ1) is 18.6. The van der Waals surface area contributed by atoms with Gasteiger partial charge in [-0.3, -0.25) is 18.8 Å². The van der Waals surface area contributed by atoms with Gasteiger partial charge in [0.15, 0.2) is 4.96 Å². The van der Waals surface area contributed by atoms with E-state index in [9.17, 15) is 14.4 Å². The average Bonchev–Trinajstić information content (AvgIpc) is 3.45. The molecule has 8 nitrogen and oxygen atoms in total. The van der Waals surface area contributed by atoms with Crippen LogP contribution in [0.4, 0.5) is 0 Å². The molecule has 0 unspecified atom stereocenters. The Morgan fingerprint density at radius 1 is 1.23 bits per heavy atom. The number of rotatable bonds is 5. The van der Waals surface area contributed by atoms with Crippen LogP contribution < -0.4 is 5.56 Å². The molecule has 4 heterocycles. The van der Waals surface area contributed by atoms with E-state index < -0.39 is 11.9 Å². The van der Waals surface area contributed by atoms with E-state index in [1.54, 1.807) is 27.7 Å². The smallest absolute Gasteiger partial charge is 0.311 e. The molecule has 1 amide bonds. The molecule has 4 aromatic rings. The second kappa shape index (κ2) is 7.42. The molecule has 152 valence electrons. The van der Waals surface area contributed by atoms with E-state index in [0.717, 1.165) is 10.2 Å². The lowest BCUT2D eigenvalue weighted by atomic mass is 10.1. The van der Waals surface area contributed by atoms with Crippen LogP contribution in [0.1, 0.15) is 17.9 Å². The van der Waals surface area contributed by atoms with Gasteiger partial charge in [-0.05, 0) is 24.3 Å². The van der Waals surface area contributed by atoms with Crippen molar-refractivity contribution in [2.45, 2.75) is 19.6 Å². The number of esters is 1. The molecular weight excluding hydrogens is 406 g/mol. The number of thiazole rings is 1. The van der Waals surface area contributed by atoms with Gasteiger partial charge in [0.1, 0.15) is 12.4 Å². The summed E-state index contributed by atoms with van der Waals surface area (Å²) in [5, 5.41) is 0. The molecule has 1 atom stereocenters. The molecule has 0 radical (unpaired) electrons. The summed E-state index contributed by atoms with van der Waals surface area (Å²) < 4.78 is 13.1. The van der Waals surface area contributed by atoms with Gasteiger partial charge in [0.05, 0.1) is 34.6 Å². The third kappa shape index (κ3) is 3.37. The molecule has 30 heavy (non-hydrogen) atoms. The molecule has 1 fully saturated rings. The fraction of sp³-hybridized carbons (Fsp3) is 0.238. The Morgan fingerprint density at radius 3 is 2.93 bits per heavy atom. The normalized spacial score (nSPS) is 16.6. The highest BCUT2D eigenvalue weighted by atomic mass is 32.1. The average molecular weight is 423 g/mol. The minimum Gasteiger partial charge on any atom is -0.467 e. The highest BCUT2D eigenvalue weighted by Gasteiger charge is 2.35. The maximum atomic E-state index is 12.5. The molecule has 5 rings (SSSR count). The summed E-state index contributed by atoms with van der Waals surface area (Å²) in [7, 11) is 0. The molecular formula is C21H17N3O5S. The van der Waals surface area contributed by atoms with Gasteiger partial charge in [0.2, 0.25) is 5.91 Å². The lowest BCUT2D eigenvalue weighted by molar-refractivity contribution is -0.149. The second-order valence-corrected chi connectivity index (χ2v) is 8.14. The number of carbonyl (C=O) groups is 2. The minimum absolute atomic E-state index is 0.102. The van der Waals surface area contributed by atoms with Crippen molar-refractivity contribution in [2.75, 3.05) is 6.54 Å². The number of para-hydroxylation sites is 1. The van der Waals surface area contributed by atoms with Crippen molar-refractivity contribution >= 4 is 38.4 Å². The largest absolute Gasteiger partial charge is 0.467 e. The highest BCUT2D eigenvalue weighted by Crippen LogP contribution is 2.24. The van der Waals surface area contributed by atoms with Gasteiger partial charge in [-0.2, -0.15) is 0 Å². The molecule has 9 heteroatoms. The molecule has 0 aliphatic carbocycles. The fourth-order valence-electron chi connectivity index (χ4n) is 3.63. The van der Waals surface area contributed by atoms with Crippen molar-refractivity contribution in [1.29, 1.82) is 0 Å². The molecule has 1 aliphatic rings. The first-order chi connectivity index (χ1) is 14.6. The predicted molar refractivity (Wildman–Crippen MR) is 109 cm³/mol. The van der Waals surface area contributed by atoms with Crippen LogP contribution in [0.15, 0.2) is 57.9 Å². The molecule has 3 aromatic heterocycles. The Morgan fingerprint density at radius 2 is 2.10 bits per heavy atom. The summed E-state index contributed by atoms with van der Waals surface area (Å²) in [5.74, 6) is -0.458. The first-order valence-electron chi connectivity index (χ1n) is 9.45. The van der Waals surface area contributed by atoms with Crippen molar-refractivity contribution in [2.24, 2.45) is 5.92 Å². The number of fused-ring (bicyclic) bond motifs is 3. The number of ether oxygens (including phenoxy) is 1. The number of hydrogen-bond donors (Lipinski definition) is 0. The molecule has 1 aromatic carbocycles. The molecule has 0 N–H and O–H groups in total. The van der Waals surface area contributed by atoms with E-state index in [0.29, 0.717) is 23.0 Å². The van der Waals surface area contributed by atoms with Crippen molar-refractivity contribution in [3.8, 4) is 0 Å². The topological polar surface area (TPSA) is 94.1 Å². The summed E-state index contributed by atoms with van der Waals surface area (Å²) in [6.45, 7) is 0.502. The minimum atomic E-state index is -0.540. The lowest BCUT2D eigenvalue weighted by Gasteiger charge is -2.14. The summed E-state index contributed by atoms with van der Waals surface area (Å²) in [6.07, 6.45) is 1.65. The van der Waals surface area contributed by atoms with Crippen molar-refractivity contribution in [3.63, 3.8) is 0 Å². The maximum absolute atomic E-state index is 12.5. The third-order valence-electron chi connectivity index (χ3n) is 5.09. The van der Waals surface area contributed by atoms with E-state index in [1.807, 2.05) is 24.3 Å².